The van der Waals surface area contributed by atoms with Gasteiger partial charge in [0, 0.05) is 54.3 Å². The Hall–Kier alpha value is -5.76. The van der Waals surface area contributed by atoms with Crippen molar-refractivity contribution in [3.63, 3.8) is 0 Å². The zero-order valence-electron chi connectivity index (χ0n) is 28.5. The van der Waals surface area contributed by atoms with Crippen LogP contribution in [0.25, 0.3) is 11.6 Å². The quantitative estimate of drug-likeness (QED) is 0.0800. The van der Waals surface area contributed by atoms with Gasteiger partial charge in [0.2, 0.25) is 11.8 Å². The third kappa shape index (κ3) is 7.13. The number of rotatable bonds is 13. The number of hydrogen-bond donors (Lipinski definition) is 7. The van der Waals surface area contributed by atoms with Crippen LogP contribution in [0.2, 0.25) is 0 Å². The lowest BCUT2D eigenvalue weighted by atomic mass is 10.00. The molecule has 1 fully saturated rings. The summed E-state index contributed by atoms with van der Waals surface area (Å²) in [7, 11) is 0. The summed E-state index contributed by atoms with van der Waals surface area (Å²) < 4.78 is 0. The first-order valence-corrected chi connectivity index (χ1v) is 17.1. The number of carbonyl (C=O) groups is 6. The normalized spacial score (nSPS) is 18.8. The van der Waals surface area contributed by atoms with Crippen molar-refractivity contribution in [1.29, 1.82) is 0 Å². The van der Waals surface area contributed by atoms with Crippen molar-refractivity contribution in [3.05, 3.63) is 81.2 Å². The Kier molecular flexibility index (Phi) is 10.1. The van der Waals surface area contributed by atoms with E-state index in [1.54, 1.807) is 24.3 Å². The van der Waals surface area contributed by atoms with E-state index in [9.17, 15) is 33.9 Å². The van der Waals surface area contributed by atoms with E-state index >= 15 is 0 Å². The number of aliphatic hydroxyl groups excluding tert-OH is 1. The Morgan fingerprint density at radius 2 is 1.80 bits per heavy atom. The predicted octanol–water partition coefficient (Wildman–Crippen LogP) is 2.75. The minimum absolute atomic E-state index is 0.114. The van der Waals surface area contributed by atoms with Gasteiger partial charge in [0.1, 0.15) is 6.23 Å². The summed E-state index contributed by atoms with van der Waals surface area (Å²) in [5, 5.41) is 21.8. The van der Waals surface area contributed by atoms with Crippen LogP contribution in [-0.4, -0.2) is 75.8 Å². The lowest BCUT2D eigenvalue weighted by Gasteiger charge is -2.33. The van der Waals surface area contributed by atoms with E-state index < -0.39 is 30.0 Å². The number of aromatic nitrogens is 1. The maximum absolute atomic E-state index is 13.3. The van der Waals surface area contributed by atoms with E-state index in [0.717, 1.165) is 34.4 Å². The van der Waals surface area contributed by atoms with Crippen LogP contribution in [-0.2, 0) is 20.8 Å². The van der Waals surface area contributed by atoms with Gasteiger partial charge in [-0.1, -0.05) is 12.1 Å². The number of unbranched alkanes of at least 4 members (excludes halogenated alkanes) is 2. The van der Waals surface area contributed by atoms with Gasteiger partial charge >= 0.3 is 0 Å². The van der Waals surface area contributed by atoms with Gasteiger partial charge in [0.05, 0.1) is 28.3 Å². The number of nitrogens with one attached hydrogen (secondary N) is 5. The molecule has 2 aromatic carbocycles. The number of aryl methyl sites for hydroxylation is 2. The molecular weight excluding hydrogens is 654 g/mol. The summed E-state index contributed by atoms with van der Waals surface area (Å²) in [5.74, 6) is -2.18. The molecule has 51 heavy (non-hydrogen) atoms. The first-order valence-electron chi connectivity index (χ1n) is 17.1. The smallest absolute Gasteiger partial charge is 0.264 e. The molecule has 6 rings (SSSR count). The van der Waals surface area contributed by atoms with Crippen LogP contribution >= 0.6 is 0 Å². The van der Waals surface area contributed by atoms with Crippen LogP contribution < -0.4 is 27.0 Å². The lowest BCUT2D eigenvalue weighted by Crippen LogP contribution is -2.57. The van der Waals surface area contributed by atoms with Crippen molar-refractivity contribution in [2.75, 3.05) is 23.7 Å². The number of anilines is 2. The maximum Gasteiger partial charge on any atom is 0.264 e. The van der Waals surface area contributed by atoms with Crippen molar-refractivity contribution < 1.29 is 33.9 Å². The van der Waals surface area contributed by atoms with Gasteiger partial charge in [-0.3, -0.25) is 33.7 Å². The topological polar surface area (TPSA) is 216 Å². The average molecular weight is 696 g/mol. The van der Waals surface area contributed by atoms with Gasteiger partial charge in [-0.2, -0.15) is 0 Å². The molecule has 3 aromatic rings. The zero-order chi connectivity index (χ0) is 36.4. The van der Waals surface area contributed by atoms with Crippen LogP contribution in [0.1, 0.15) is 97.7 Å². The number of carbonyl (C=O) groups excluding carboxylic acids is 6. The number of aliphatic hydroxyl groups is 1. The third-order valence-corrected chi connectivity index (χ3v) is 9.59. The fourth-order valence-corrected chi connectivity index (χ4v) is 6.94. The maximum atomic E-state index is 13.3. The number of piperidine rings is 1. The summed E-state index contributed by atoms with van der Waals surface area (Å²) in [4.78, 5) is 79.6. The third-order valence-electron chi connectivity index (χ3n) is 9.59. The molecular formula is C37H41N7O7. The number of H-pyrrole nitrogens is 1. The Bertz CT molecular complexity index is 1980. The number of primary amides is 1. The van der Waals surface area contributed by atoms with E-state index in [0.29, 0.717) is 59.8 Å². The van der Waals surface area contributed by atoms with Gasteiger partial charge in [-0.25, -0.2) is 0 Å². The first-order chi connectivity index (χ1) is 24.4. The molecule has 6 amide bonds. The first kappa shape index (κ1) is 35.1. The van der Waals surface area contributed by atoms with Gasteiger partial charge in [0.15, 0.2) is 0 Å². The lowest BCUT2D eigenvalue weighted by molar-refractivity contribution is -0.129. The highest BCUT2D eigenvalue weighted by molar-refractivity contribution is 6.35. The summed E-state index contributed by atoms with van der Waals surface area (Å²) >= 11 is 0. The fraction of sp³-hybridized carbons (Fsp3) is 0.351. The Morgan fingerprint density at radius 1 is 1.02 bits per heavy atom. The van der Waals surface area contributed by atoms with Crippen molar-refractivity contribution in [3.8, 4) is 0 Å². The van der Waals surface area contributed by atoms with Crippen LogP contribution in [0.15, 0.2) is 36.4 Å². The summed E-state index contributed by atoms with van der Waals surface area (Å²) in [6.45, 7) is 4.63. The number of hydrogen-bond acceptors (Lipinski definition) is 8. The second kappa shape index (κ2) is 14.6. The van der Waals surface area contributed by atoms with Gasteiger partial charge in [0.25, 0.3) is 23.6 Å². The molecule has 1 saturated heterocycles. The van der Waals surface area contributed by atoms with Crippen molar-refractivity contribution >= 4 is 58.5 Å². The van der Waals surface area contributed by atoms with Crippen LogP contribution in [0.5, 0.6) is 0 Å². The number of nitrogens with two attached hydrogens (primary N) is 1. The number of aromatic amines is 1. The molecule has 2 atom stereocenters. The second-order valence-corrected chi connectivity index (χ2v) is 13.1. The number of imide groups is 1. The molecule has 0 bridgehead atoms. The molecule has 0 radical (unpaired) electrons. The van der Waals surface area contributed by atoms with E-state index in [1.807, 2.05) is 32.0 Å². The van der Waals surface area contributed by atoms with Crippen LogP contribution in [0, 0.1) is 13.8 Å². The van der Waals surface area contributed by atoms with Crippen molar-refractivity contribution in [2.24, 2.45) is 5.73 Å². The van der Waals surface area contributed by atoms with Crippen molar-refractivity contribution in [2.45, 2.75) is 71.1 Å². The van der Waals surface area contributed by atoms with E-state index in [-0.39, 0.29) is 48.1 Å². The van der Waals surface area contributed by atoms with Crippen LogP contribution in [0.4, 0.5) is 11.4 Å². The molecule has 1 aromatic heterocycles. The minimum atomic E-state index is -1.32. The molecule has 0 spiro atoms. The van der Waals surface area contributed by atoms with Gasteiger partial charge < -0.3 is 37.1 Å². The minimum Gasteiger partial charge on any atom is -0.384 e. The van der Waals surface area contributed by atoms with Gasteiger partial charge in [-0.15, -0.1) is 0 Å². The molecule has 3 aliphatic rings. The number of amides is 6. The number of nitrogens with zero attached hydrogens (tertiary/aromatic N) is 1. The van der Waals surface area contributed by atoms with E-state index in [2.05, 4.69) is 26.3 Å². The summed E-state index contributed by atoms with van der Waals surface area (Å²) in [6.07, 6.45) is 3.65. The predicted molar refractivity (Wildman–Crippen MR) is 190 cm³/mol. The molecule has 0 saturated carbocycles. The molecule has 3 aliphatic heterocycles. The highest BCUT2D eigenvalue weighted by Crippen LogP contribution is 2.36. The molecule has 8 N–H and O–H groups in total. The fourth-order valence-electron chi connectivity index (χ4n) is 6.94. The zero-order valence-corrected chi connectivity index (χ0v) is 28.5. The molecule has 266 valence electrons. The number of benzene rings is 2. The summed E-state index contributed by atoms with van der Waals surface area (Å²) in [6, 6.07) is 9.73. The molecule has 4 heterocycles. The Morgan fingerprint density at radius 3 is 2.57 bits per heavy atom. The highest BCUT2D eigenvalue weighted by Gasteiger charge is 2.45. The van der Waals surface area contributed by atoms with E-state index in [1.165, 1.54) is 0 Å². The SMILES string of the molecule is Cc1[nH]c(/C=C2\C(=O)Nc3ccc(CCC(N)=O)cc32)c(C)c1C(=O)NCCCCCNc1cccc2c1C(=O)N(C1CCC(=O)NC1O)C2=O. The average Bonchev–Trinajstić information content (AvgIpc) is 3.65. The van der Waals surface area contributed by atoms with Crippen molar-refractivity contribution in [1.82, 2.24) is 20.5 Å². The number of fused-ring (bicyclic) bond motifs is 2. The molecule has 0 aliphatic carbocycles. The Balaban J connectivity index is 1.00. The summed E-state index contributed by atoms with van der Waals surface area (Å²) in [5.41, 5.74) is 11.7. The molecule has 14 heteroatoms. The van der Waals surface area contributed by atoms with Gasteiger partial charge in [-0.05, 0) is 87.4 Å². The molecule has 14 nitrogen and oxygen atoms in total. The molecule has 2 unspecified atom stereocenters. The monoisotopic (exact) mass is 695 g/mol. The highest BCUT2D eigenvalue weighted by atomic mass is 16.3. The van der Waals surface area contributed by atoms with Crippen LogP contribution in [0.3, 0.4) is 0 Å². The van der Waals surface area contributed by atoms with E-state index in [4.69, 9.17) is 5.73 Å². The largest absolute Gasteiger partial charge is 0.384 e. The second-order valence-electron chi connectivity index (χ2n) is 13.1. The Labute approximate surface area is 294 Å². The standard InChI is InChI=1S/C37H41N7O7/c1-19-27(18-24-23-17-21(10-13-29(38)45)9-11-25(23)42-33(24)47)41-20(2)31(19)35(49)40-16-5-3-4-15-39-26-8-6-7-22-32(26)37(51)44(36(22)50)28-12-14-30(46)43-34(28)48/h6-9,11,17-18,28,34,39,41,48H,3-5,10,12-16H2,1-2H3,(H2,38,45)(H,40,49)(H,42,47)(H,43,46)/b24-18-.